The summed E-state index contributed by atoms with van der Waals surface area (Å²) in [5, 5.41) is 8.87. The highest BCUT2D eigenvalue weighted by atomic mass is 79.9. The van der Waals surface area contributed by atoms with Gasteiger partial charge in [0.2, 0.25) is 0 Å². The second-order valence-electron chi connectivity index (χ2n) is 3.30. The fourth-order valence-corrected chi connectivity index (χ4v) is 1.60. The molecule has 0 aliphatic heterocycles. The summed E-state index contributed by atoms with van der Waals surface area (Å²) in [4.78, 5) is 0. The molecule has 1 atom stereocenters. The van der Waals surface area contributed by atoms with Gasteiger partial charge in [-0.3, -0.25) is 0 Å². The Balaban J connectivity index is 0.000000265. The summed E-state index contributed by atoms with van der Waals surface area (Å²) >= 11 is 3.15. The van der Waals surface area contributed by atoms with Crippen molar-refractivity contribution in [2.75, 3.05) is 6.16 Å². The molecule has 1 nitrogen and oxygen atoms in total. The number of benzene rings is 1. The van der Waals surface area contributed by atoms with Crippen molar-refractivity contribution in [2.24, 2.45) is 0 Å². The zero-order valence-corrected chi connectivity index (χ0v) is 12.0. The first-order valence-electron chi connectivity index (χ1n) is 5.36. The van der Waals surface area contributed by atoms with E-state index in [9.17, 15) is 0 Å². The predicted octanol–water partition coefficient (Wildman–Crippen LogP) is 4.60. The van der Waals surface area contributed by atoms with Gasteiger partial charge in [0.1, 0.15) is 5.75 Å². The van der Waals surface area contributed by atoms with Gasteiger partial charge in [-0.25, -0.2) is 0 Å². The lowest BCUT2D eigenvalue weighted by Gasteiger charge is -1.90. The number of halogens is 1. The molecule has 86 valence electrons. The van der Waals surface area contributed by atoms with Crippen molar-refractivity contribution in [3.63, 3.8) is 0 Å². The second kappa shape index (κ2) is 10.4. The molecule has 0 amide bonds. The molecule has 0 fully saturated rings. The molecule has 1 aromatic carbocycles. The van der Waals surface area contributed by atoms with Crippen molar-refractivity contribution < 1.29 is 5.11 Å². The van der Waals surface area contributed by atoms with Gasteiger partial charge in [0, 0.05) is 0 Å². The topological polar surface area (TPSA) is 20.2 Å². The molecular weight excluding hydrogens is 271 g/mol. The minimum absolute atomic E-state index is 0.285. The smallest absolute Gasteiger partial charge is 0.129 e. The number of hydrogen-bond acceptors (Lipinski definition) is 1. The molecule has 0 saturated heterocycles. The van der Waals surface area contributed by atoms with Crippen LogP contribution >= 0.6 is 25.2 Å². The average Bonchev–Trinajstić information content (AvgIpc) is 2.24. The van der Waals surface area contributed by atoms with E-state index in [2.05, 4.69) is 32.1 Å². The van der Waals surface area contributed by atoms with Gasteiger partial charge in [0.25, 0.3) is 0 Å². The first kappa shape index (κ1) is 14.9. The molecule has 0 spiro atoms. The van der Waals surface area contributed by atoms with Crippen LogP contribution in [0.2, 0.25) is 0 Å². The van der Waals surface area contributed by atoms with Gasteiger partial charge in [-0.1, -0.05) is 38.3 Å². The van der Waals surface area contributed by atoms with E-state index in [0.29, 0.717) is 0 Å². The highest BCUT2D eigenvalue weighted by molar-refractivity contribution is 9.10. The van der Waals surface area contributed by atoms with E-state index >= 15 is 0 Å². The van der Waals surface area contributed by atoms with E-state index < -0.39 is 0 Å². The standard InChI is InChI=1S/C6H5BrO.C6H15P/c7-5-3-1-2-4-6(5)8;1-2-3-4-5-6-7/h1-4,8H;2-7H2,1H3. The monoisotopic (exact) mass is 290 g/mol. The van der Waals surface area contributed by atoms with Crippen molar-refractivity contribution in [3.05, 3.63) is 28.7 Å². The van der Waals surface area contributed by atoms with Crippen LogP contribution in [0.5, 0.6) is 5.75 Å². The minimum atomic E-state index is 0.285. The lowest BCUT2D eigenvalue weighted by Crippen LogP contribution is -1.73. The lowest BCUT2D eigenvalue weighted by molar-refractivity contribution is 0.472. The minimum Gasteiger partial charge on any atom is -0.507 e. The van der Waals surface area contributed by atoms with Crippen molar-refractivity contribution in [1.29, 1.82) is 0 Å². The molecule has 0 heterocycles. The van der Waals surface area contributed by atoms with Crippen molar-refractivity contribution in [2.45, 2.75) is 32.6 Å². The van der Waals surface area contributed by atoms with Gasteiger partial charge in [0.15, 0.2) is 0 Å². The summed E-state index contributed by atoms with van der Waals surface area (Å²) in [6.45, 7) is 2.24. The maximum Gasteiger partial charge on any atom is 0.129 e. The van der Waals surface area contributed by atoms with Gasteiger partial charge >= 0.3 is 0 Å². The Morgan fingerprint density at radius 2 is 1.87 bits per heavy atom. The molecule has 3 heteroatoms. The van der Waals surface area contributed by atoms with E-state index in [0.717, 1.165) is 4.47 Å². The molecule has 0 aromatic heterocycles. The third-order valence-electron chi connectivity index (χ3n) is 1.91. The summed E-state index contributed by atoms with van der Waals surface area (Å²) in [6, 6.07) is 7.04. The van der Waals surface area contributed by atoms with Gasteiger partial charge in [-0.15, -0.1) is 9.24 Å². The first-order chi connectivity index (χ1) is 7.22. The average molecular weight is 291 g/mol. The van der Waals surface area contributed by atoms with Crippen LogP contribution in [0.3, 0.4) is 0 Å². The number of para-hydroxylation sites is 1. The largest absolute Gasteiger partial charge is 0.507 e. The summed E-state index contributed by atoms with van der Waals surface area (Å²) in [5.41, 5.74) is 0. The predicted molar refractivity (Wildman–Crippen MR) is 74.5 cm³/mol. The normalized spacial score (nSPS) is 9.27. The number of phenolic OH excluding ortho intramolecular Hbond substituents is 1. The van der Waals surface area contributed by atoms with Gasteiger partial charge in [-0.05, 0) is 40.6 Å². The highest BCUT2D eigenvalue weighted by Gasteiger charge is 1.89. The maximum absolute atomic E-state index is 8.87. The van der Waals surface area contributed by atoms with Crippen molar-refractivity contribution in [3.8, 4) is 5.75 Å². The molecule has 1 unspecified atom stereocenters. The summed E-state index contributed by atoms with van der Waals surface area (Å²) in [5.74, 6) is 0.285. The van der Waals surface area contributed by atoms with Crippen LogP contribution in [0.1, 0.15) is 32.6 Å². The van der Waals surface area contributed by atoms with Crippen LogP contribution in [0.15, 0.2) is 28.7 Å². The van der Waals surface area contributed by atoms with E-state index in [1.807, 2.05) is 6.07 Å². The highest BCUT2D eigenvalue weighted by Crippen LogP contribution is 2.21. The number of unbranched alkanes of at least 4 members (excludes halogenated alkanes) is 3. The molecular formula is C12H20BrOP. The molecule has 0 aliphatic rings. The van der Waals surface area contributed by atoms with Crippen LogP contribution in [0.25, 0.3) is 0 Å². The first-order valence-corrected chi connectivity index (χ1v) is 6.96. The fourth-order valence-electron chi connectivity index (χ4n) is 1.02. The molecule has 0 radical (unpaired) electrons. The Bertz CT molecular complexity index is 228. The molecule has 1 N–H and O–H groups in total. The van der Waals surface area contributed by atoms with Crippen LogP contribution in [0.4, 0.5) is 0 Å². The Hall–Kier alpha value is -0.0700. The van der Waals surface area contributed by atoms with Crippen LogP contribution in [0, 0.1) is 0 Å². The number of phenols is 1. The van der Waals surface area contributed by atoms with Gasteiger partial charge in [-0.2, -0.15) is 0 Å². The molecule has 1 aromatic rings. The number of hydrogen-bond donors (Lipinski definition) is 1. The van der Waals surface area contributed by atoms with Crippen LogP contribution in [-0.4, -0.2) is 11.3 Å². The third-order valence-corrected chi connectivity index (χ3v) is 2.99. The molecule has 0 aliphatic carbocycles. The second-order valence-corrected chi connectivity index (χ2v) is 4.73. The van der Waals surface area contributed by atoms with E-state index in [4.69, 9.17) is 5.11 Å². The lowest BCUT2D eigenvalue weighted by atomic mass is 10.2. The van der Waals surface area contributed by atoms with Crippen molar-refractivity contribution >= 4 is 25.2 Å². The van der Waals surface area contributed by atoms with E-state index in [1.54, 1.807) is 18.2 Å². The Morgan fingerprint density at radius 3 is 2.27 bits per heavy atom. The Morgan fingerprint density at radius 1 is 1.20 bits per heavy atom. The van der Waals surface area contributed by atoms with Gasteiger partial charge < -0.3 is 5.11 Å². The zero-order valence-electron chi connectivity index (χ0n) is 9.25. The molecule has 15 heavy (non-hydrogen) atoms. The van der Waals surface area contributed by atoms with Crippen LogP contribution < -0.4 is 0 Å². The summed E-state index contributed by atoms with van der Waals surface area (Å²) in [6.07, 6.45) is 6.84. The van der Waals surface area contributed by atoms with Crippen LogP contribution in [-0.2, 0) is 0 Å². The molecule has 1 rings (SSSR count). The van der Waals surface area contributed by atoms with E-state index in [-0.39, 0.29) is 5.75 Å². The summed E-state index contributed by atoms with van der Waals surface area (Å²) in [7, 11) is 2.75. The Kier molecular flexibility index (Phi) is 10.4. The zero-order chi connectivity index (χ0) is 11.5. The number of rotatable bonds is 4. The maximum atomic E-state index is 8.87. The Labute approximate surface area is 104 Å². The SMILES string of the molecule is CCCCCCP.Oc1ccccc1Br. The fraction of sp³-hybridized carbons (Fsp3) is 0.500. The van der Waals surface area contributed by atoms with Crippen molar-refractivity contribution in [1.82, 2.24) is 0 Å². The molecule has 0 bridgehead atoms. The summed E-state index contributed by atoms with van der Waals surface area (Å²) < 4.78 is 0.736. The number of aromatic hydroxyl groups is 1. The van der Waals surface area contributed by atoms with E-state index in [1.165, 1.54) is 31.8 Å². The quantitative estimate of drug-likeness (QED) is 0.635. The third kappa shape index (κ3) is 8.89. The van der Waals surface area contributed by atoms with Gasteiger partial charge in [0.05, 0.1) is 4.47 Å². The molecule has 0 saturated carbocycles.